The highest BCUT2D eigenvalue weighted by Gasteiger charge is 2.35. The Labute approximate surface area is 247 Å². The second-order valence-electron chi connectivity index (χ2n) is 9.97. The van der Waals surface area contributed by atoms with Crippen LogP contribution in [0, 0.1) is 13.8 Å². The van der Waals surface area contributed by atoms with Crippen molar-refractivity contribution < 1.29 is 37.3 Å². The standard InChI is InChI=1S/C30H34F3N5O5/c1-19-4-9-27(42-3)25(16-19)35-28(40)34-21-5-8-26(20(2)17-21)37-10-12-38(13-11-37)29(41)36-24-7-6-22(43-15-14-39)18-23(24)30(31,32)33/h4-9,16-18,39H,10-15H2,1-3H3,(H,36,41)(H2,34,35,40). The highest BCUT2D eigenvalue weighted by molar-refractivity contribution is 6.01. The Balaban J connectivity index is 1.34. The van der Waals surface area contributed by atoms with Crippen LogP contribution in [-0.2, 0) is 6.18 Å². The summed E-state index contributed by atoms with van der Waals surface area (Å²) in [6.45, 7) is 4.86. The molecule has 10 nitrogen and oxygen atoms in total. The van der Waals surface area contributed by atoms with Gasteiger partial charge in [0.25, 0.3) is 0 Å². The maximum Gasteiger partial charge on any atom is 0.418 e. The summed E-state index contributed by atoms with van der Waals surface area (Å²) in [6, 6.07) is 13.2. The number of halogens is 3. The highest BCUT2D eigenvalue weighted by Crippen LogP contribution is 2.37. The van der Waals surface area contributed by atoms with Crippen LogP contribution in [0.25, 0.3) is 0 Å². The molecule has 0 bridgehead atoms. The summed E-state index contributed by atoms with van der Waals surface area (Å²) in [4.78, 5) is 29.0. The SMILES string of the molecule is COc1ccc(C)cc1NC(=O)Nc1ccc(N2CCN(C(=O)Nc3ccc(OCCO)cc3C(F)(F)F)CC2)c(C)c1. The van der Waals surface area contributed by atoms with Gasteiger partial charge in [-0.1, -0.05) is 6.07 Å². The van der Waals surface area contributed by atoms with Crippen LogP contribution < -0.4 is 30.3 Å². The number of aryl methyl sites for hydroxylation is 2. The monoisotopic (exact) mass is 601 g/mol. The second kappa shape index (κ2) is 13.6. The van der Waals surface area contributed by atoms with Gasteiger partial charge in [0.2, 0.25) is 0 Å². The molecule has 13 heteroatoms. The van der Waals surface area contributed by atoms with Crippen molar-refractivity contribution in [2.45, 2.75) is 20.0 Å². The fraction of sp³-hybridized carbons (Fsp3) is 0.333. The molecule has 1 saturated heterocycles. The summed E-state index contributed by atoms with van der Waals surface area (Å²) in [7, 11) is 1.53. The number of hydrogen-bond acceptors (Lipinski definition) is 6. The summed E-state index contributed by atoms with van der Waals surface area (Å²) in [5.74, 6) is 0.486. The van der Waals surface area contributed by atoms with Gasteiger partial charge < -0.3 is 40.3 Å². The zero-order chi connectivity index (χ0) is 31.1. The lowest BCUT2D eigenvalue weighted by molar-refractivity contribution is -0.137. The number of ether oxygens (including phenoxy) is 2. The van der Waals surface area contributed by atoms with E-state index in [1.165, 1.54) is 18.1 Å². The first kappa shape index (κ1) is 31.3. The minimum Gasteiger partial charge on any atom is -0.495 e. The molecule has 4 N–H and O–H groups in total. The number of carbonyl (C=O) groups excluding carboxylic acids is 2. The van der Waals surface area contributed by atoms with Gasteiger partial charge in [0.05, 0.1) is 30.7 Å². The van der Waals surface area contributed by atoms with E-state index >= 15 is 0 Å². The number of carbonyl (C=O) groups is 2. The van der Waals surface area contributed by atoms with Crippen LogP contribution in [0.4, 0.5) is 45.5 Å². The molecule has 1 aliphatic rings. The van der Waals surface area contributed by atoms with Gasteiger partial charge in [0, 0.05) is 37.6 Å². The van der Waals surface area contributed by atoms with Crippen molar-refractivity contribution in [1.29, 1.82) is 0 Å². The van der Waals surface area contributed by atoms with Gasteiger partial charge in [-0.25, -0.2) is 9.59 Å². The average molecular weight is 602 g/mol. The molecule has 0 spiro atoms. The Morgan fingerprint density at radius 3 is 2.30 bits per heavy atom. The normalized spacial score (nSPS) is 13.4. The van der Waals surface area contributed by atoms with E-state index < -0.39 is 23.8 Å². The van der Waals surface area contributed by atoms with Crippen molar-refractivity contribution >= 4 is 34.8 Å². The summed E-state index contributed by atoms with van der Waals surface area (Å²) < 4.78 is 51.4. The van der Waals surface area contributed by atoms with Crippen LogP contribution >= 0.6 is 0 Å². The summed E-state index contributed by atoms with van der Waals surface area (Å²) in [5.41, 5.74) is 2.53. The van der Waals surface area contributed by atoms with Crippen LogP contribution in [0.1, 0.15) is 16.7 Å². The van der Waals surface area contributed by atoms with Crippen molar-refractivity contribution in [3.05, 3.63) is 71.3 Å². The smallest absolute Gasteiger partial charge is 0.418 e. The molecule has 230 valence electrons. The van der Waals surface area contributed by atoms with Crippen LogP contribution in [0.15, 0.2) is 54.6 Å². The minimum absolute atomic E-state index is 0.0586. The average Bonchev–Trinajstić information content (AvgIpc) is 2.96. The van der Waals surface area contributed by atoms with Gasteiger partial charge in [0.1, 0.15) is 18.1 Å². The molecule has 1 aliphatic heterocycles. The minimum atomic E-state index is -4.72. The van der Waals surface area contributed by atoms with E-state index in [-0.39, 0.29) is 24.7 Å². The van der Waals surface area contributed by atoms with Crippen molar-refractivity contribution in [3.8, 4) is 11.5 Å². The van der Waals surface area contributed by atoms with E-state index in [9.17, 15) is 22.8 Å². The van der Waals surface area contributed by atoms with Crippen molar-refractivity contribution in [1.82, 2.24) is 4.90 Å². The Kier molecular flexibility index (Phi) is 9.86. The number of methoxy groups -OCH3 is 1. The lowest BCUT2D eigenvalue weighted by atomic mass is 10.1. The van der Waals surface area contributed by atoms with Gasteiger partial charge in [-0.3, -0.25) is 0 Å². The maximum absolute atomic E-state index is 13.7. The van der Waals surface area contributed by atoms with Gasteiger partial charge in [-0.05, 0) is 73.5 Å². The Morgan fingerprint density at radius 2 is 1.65 bits per heavy atom. The Morgan fingerprint density at radius 1 is 0.907 bits per heavy atom. The van der Waals surface area contributed by atoms with E-state index in [4.69, 9.17) is 14.6 Å². The summed E-state index contributed by atoms with van der Waals surface area (Å²) in [6.07, 6.45) is -4.72. The van der Waals surface area contributed by atoms with Crippen LogP contribution in [-0.4, -0.2) is 68.6 Å². The molecule has 1 fully saturated rings. The molecular formula is C30H34F3N5O5. The first-order valence-corrected chi connectivity index (χ1v) is 13.6. The summed E-state index contributed by atoms with van der Waals surface area (Å²) in [5, 5.41) is 16.9. The predicted molar refractivity (Wildman–Crippen MR) is 158 cm³/mol. The van der Waals surface area contributed by atoms with Gasteiger partial charge in [-0.15, -0.1) is 0 Å². The second-order valence-corrected chi connectivity index (χ2v) is 9.97. The van der Waals surface area contributed by atoms with E-state index in [2.05, 4.69) is 20.9 Å². The van der Waals surface area contributed by atoms with Crippen LogP contribution in [0.2, 0.25) is 0 Å². The van der Waals surface area contributed by atoms with Gasteiger partial charge in [0.15, 0.2) is 0 Å². The largest absolute Gasteiger partial charge is 0.495 e. The molecule has 3 aromatic carbocycles. The number of nitrogens with zero attached hydrogens (tertiary/aromatic N) is 2. The van der Waals surface area contributed by atoms with E-state index in [0.717, 1.165) is 28.9 Å². The van der Waals surface area contributed by atoms with Crippen LogP contribution in [0.3, 0.4) is 0 Å². The molecular weight excluding hydrogens is 567 g/mol. The van der Waals surface area contributed by atoms with Gasteiger partial charge in [-0.2, -0.15) is 13.2 Å². The van der Waals surface area contributed by atoms with Crippen molar-refractivity contribution in [2.75, 3.05) is 67.4 Å². The fourth-order valence-electron chi connectivity index (χ4n) is 4.76. The lowest BCUT2D eigenvalue weighted by Crippen LogP contribution is -2.50. The Bertz CT molecular complexity index is 1460. The maximum atomic E-state index is 13.7. The lowest BCUT2D eigenvalue weighted by Gasteiger charge is -2.37. The molecule has 0 unspecified atom stereocenters. The van der Waals surface area contributed by atoms with E-state index in [0.29, 0.717) is 43.3 Å². The number of alkyl halides is 3. The molecule has 0 saturated carbocycles. The Hall–Kier alpha value is -4.65. The third-order valence-electron chi connectivity index (χ3n) is 6.86. The molecule has 0 aliphatic carbocycles. The molecule has 0 atom stereocenters. The molecule has 1 heterocycles. The molecule has 0 aromatic heterocycles. The first-order valence-electron chi connectivity index (χ1n) is 13.6. The zero-order valence-corrected chi connectivity index (χ0v) is 24.0. The number of anilines is 4. The van der Waals surface area contributed by atoms with Crippen molar-refractivity contribution in [3.63, 3.8) is 0 Å². The number of rotatable bonds is 8. The molecule has 4 amide bonds. The van der Waals surface area contributed by atoms with E-state index in [1.54, 1.807) is 12.1 Å². The van der Waals surface area contributed by atoms with Crippen molar-refractivity contribution in [2.24, 2.45) is 0 Å². The molecule has 43 heavy (non-hydrogen) atoms. The number of hydrogen-bond donors (Lipinski definition) is 4. The number of piperazine rings is 1. The topological polar surface area (TPSA) is 115 Å². The van der Waals surface area contributed by atoms with Gasteiger partial charge >= 0.3 is 18.2 Å². The third kappa shape index (κ3) is 8.01. The number of nitrogens with one attached hydrogen (secondary N) is 3. The molecule has 3 aromatic rings. The first-order chi connectivity index (χ1) is 20.5. The molecule has 4 rings (SSSR count). The number of benzene rings is 3. The zero-order valence-electron chi connectivity index (χ0n) is 24.0. The predicted octanol–water partition coefficient (Wildman–Crippen LogP) is 5.70. The summed E-state index contributed by atoms with van der Waals surface area (Å²) >= 11 is 0. The number of aliphatic hydroxyl groups is 1. The molecule has 0 radical (unpaired) electrons. The number of aliphatic hydroxyl groups excluding tert-OH is 1. The number of urea groups is 2. The number of amides is 4. The third-order valence-corrected chi connectivity index (χ3v) is 6.86. The highest BCUT2D eigenvalue weighted by atomic mass is 19.4. The van der Waals surface area contributed by atoms with Crippen LogP contribution in [0.5, 0.6) is 11.5 Å². The fourth-order valence-corrected chi connectivity index (χ4v) is 4.76. The van der Waals surface area contributed by atoms with E-state index in [1.807, 2.05) is 38.1 Å². The quantitative estimate of drug-likeness (QED) is 0.263.